The maximum atomic E-state index is 12.5. The molecule has 0 amide bonds. The van der Waals surface area contributed by atoms with Crippen molar-refractivity contribution in [2.45, 2.75) is 38.6 Å². The number of carbonyl (C=O) groups is 1. The normalized spacial score (nSPS) is 15.1. The van der Waals surface area contributed by atoms with E-state index in [1.807, 2.05) is 31.2 Å². The van der Waals surface area contributed by atoms with Gasteiger partial charge in [-0.15, -0.1) is 11.3 Å². The van der Waals surface area contributed by atoms with Crippen LogP contribution in [0.15, 0.2) is 60.7 Å². The van der Waals surface area contributed by atoms with Gasteiger partial charge in [-0.05, 0) is 61.2 Å². The smallest absolute Gasteiger partial charge is 0.341 e. The fourth-order valence-corrected chi connectivity index (χ4v) is 5.37. The Morgan fingerprint density at radius 1 is 1.16 bits per heavy atom. The first-order chi connectivity index (χ1) is 15.1. The average molecular weight is 451 g/mol. The molecule has 1 heterocycles. The Morgan fingerprint density at radius 3 is 2.74 bits per heavy atom. The van der Waals surface area contributed by atoms with Crippen molar-refractivity contribution >= 4 is 39.6 Å². The van der Waals surface area contributed by atoms with E-state index in [4.69, 9.17) is 17.0 Å². The molecule has 1 aliphatic rings. The highest BCUT2D eigenvalue weighted by atomic mass is 32.1. The van der Waals surface area contributed by atoms with Crippen LogP contribution in [0.1, 0.15) is 57.7 Å². The minimum atomic E-state index is -0.327. The summed E-state index contributed by atoms with van der Waals surface area (Å²) < 4.78 is 5.27. The third-order valence-corrected chi connectivity index (χ3v) is 6.67. The molecule has 0 radical (unpaired) electrons. The third kappa shape index (κ3) is 5.32. The van der Waals surface area contributed by atoms with Crippen molar-refractivity contribution in [3.8, 4) is 0 Å². The lowest BCUT2D eigenvalue weighted by Gasteiger charge is -2.27. The Kier molecular flexibility index (Phi) is 6.99. The summed E-state index contributed by atoms with van der Waals surface area (Å²) in [6, 6.07) is 20.8. The van der Waals surface area contributed by atoms with Gasteiger partial charge in [0.25, 0.3) is 0 Å². The molecule has 0 spiro atoms. The van der Waals surface area contributed by atoms with Gasteiger partial charge in [0.05, 0.1) is 18.2 Å². The number of nitrogens with one attached hydrogen (secondary N) is 2. The van der Waals surface area contributed by atoms with E-state index in [1.165, 1.54) is 16.7 Å². The highest BCUT2D eigenvalue weighted by Gasteiger charge is 2.22. The van der Waals surface area contributed by atoms with Crippen molar-refractivity contribution < 1.29 is 9.53 Å². The number of fused-ring (bicyclic) bond motifs is 1. The number of ether oxygens (including phenoxy) is 1. The minimum Gasteiger partial charge on any atom is -0.462 e. The van der Waals surface area contributed by atoms with Crippen LogP contribution >= 0.6 is 23.6 Å². The Morgan fingerprint density at radius 2 is 1.94 bits per heavy atom. The molecule has 2 N–H and O–H groups in total. The van der Waals surface area contributed by atoms with E-state index in [0.29, 0.717) is 17.3 Å². The summed E-state index contributed by atoms with van der Waals surface area (Å²) in [7, 11) is 0. The summed E-state index contributed by atoms with van der Waals surface area (Å²) in [5, 5.41) is 7.98. The molecule has 1 unspecified atom stereocenters. The second-order valence-electron chi connectivity index (χ2n) is 7.58. The van der Waals surface area contributed by atoms with E-state index in [9.17, 15) is 4.79 Å². The van der Waals surface area contributed by atoms with Gasteiger partial charge in [0.1, 0.15) is 5.00 Å². The zero-order valence-corrected chi connectivity index (χ0v) is 19.2. The van der Waals surface area contributed by atoms with E-state index >= 15 is 0 Å². The largest absolute Gasteiger partial charge is 0.462 e. The Hall–Kier alpha value is -2.70. The van der Waals surface area contributed by atoms with Crippen molar-refractivity contribution in [3.05, 3.63) is 87.8 Å². The van der Waals surface area contributed by atoms with Crippen LogP contribution < -0.4 is 10.6 Å². The molecule has 1 aliphatic carbocycles. The second kappa shape index (κ2) is 10.1. The fraction of sp³-hybridized carbons (Fsp3) is 0.280. The Bertz CT molecular complexity index is 1060. The maximum absolute atomic E-state index is 12.5. The maximum Gasteiger partial charge on any atom is 0.341 e. The Labute approximate surface area is 192 Å². The number of esters is 1. The minimum absolute atomic E-state index is 0.180. The zero-order chi connectivity index (χ0) is 21.6. The van der Waals surface area contributed by atoms with Crippen molar-refractivity contribution in [2.24, 2.45) is 0 Å². The van der Waals surface area contributed by atoms with E-state index in [1.54, 1.807) is 11.3 Å². The molecular weight excluding hydrogens is 424 g/mol. The van der Waals surface area contributed by atoms with Gasteiger partial charge in [-0.2, -0.15) is 0 Å². The predicted molar refractivity (Wildman–Crippen MR) is 131 cm³/mol. The number of thiocarbonyl (C=S) groups is 1. The first-order valence-corrected chi connectivity index (χ1v) is 11.9. The lowest BCUT2D eigenvalue weighted by molar-refractivity contribution is 0.0528. The first-order valence-electron chi connectivity index (χ1n) is 10.6. The van der Waals surface area contributed by atoms with Gasteiger partial charge in [-0.25, -0.2) is 4.79 Å². The SMILES string of the molecule is CCOC(=O)c1cc(Cc2ccccc2)sc1NC(=S)NC1CCCc2ccccc21. The summed E-state index contributed by atoms with van der Waals surface area (Å²) in [5.41, 5.74) is 4.41. The number of rotatable bonds is 6. The van der Waals surface area contributed by atoms with Crippen molar-refractivity contribution in [1.82, 2.24) is 5.32 Å². The van der Waals surface area contributed by atoms with Crippen LogP contribution in [0.25, 0.3) is 0 Å². The van der Waals surface area contributed by atoms with Gasteiger partial charge in [0.2, 0.25) is 0 Å². The fourth-order valence-electron chi connectivity index (χ4n) is 3.98. The standard InChI is InChI=1S/C25H26N2O2S2/c1-2-29-24(28)21-16-19(15-17-9-4-3-5-10-17)31-23(21)27-25(30)26-22-14-8-12-18-11-6-7-13-20(18)22/h3-7,9-11,13,16,22H,2,8,12,14-15H2,1H3,(H2,26,27,30). The Balaban J connectivity index is 1.51. The average Bonchev–Trinajstić information content (AvgIpc) is 3.17. The molecule has 4 nitrogen and oxygen atoms in total. The molecule has 160 valence electrons. The molecule has 0 saturated heterocycles. The topological polar surface area (TPSA) is 50.4 Å². The van der Waals surface area contributed by atoms with Gasteiger partial charge < -0.3 is 15.4 Å². The summed E-state index contributed by atoms with van der Waals surface area (Å²) in [6.45, 7) is 2.15. The molecule has 0 fully saturated rings. The van der Waals surface area contributed by atoms with E-state index in [2.05, 4.69) is 47.0 Å². The molecule has 0 aliphatic heterocycles. The third-order valence-electron chi connectivity index (χ3n) is 5.40. The molecular formula is C25H26N2O2S2. The summed E-state index contributed by atoms with van der Waals surface area (Å²) in [6.07, 6.45) is 4.03. The highest BCUT2D eigenvalue weighted by Crippen LogP contribution is 2.32. The van der Waals surface area contributed by atoms with Crippen LogP contribution in [-0.4, -0.2) is 17.7 Å². The number of hydrogen-bond acceptors (Lipinski definition) is 4. The monoisotopic (exact) mass is 450 g/mol. The molecule has 0 bridgehead atoms. The first kappa shape index (κ1) is 21.5. The van der Waals surface area contributed by atoms with Gasteiger partial charge in [-0.3, -0.25) is 0 Å². The number of benzene rings is 2. The molecule has 1 aromatic heterocycles. The van der Waals surface area contributed by atoms with Crippen LogP contribution in [0.3, 0.4) is 0 Å². The molecule has 3 aromatic rings. The predicted octanol–water partition coefficient (Wildman–Crippen LogP) is 5.88. The number of aryl methyl sites for hydroxylation is 1. The van der Waals surface area contributed by atoms with Crippen LogP contribution in [0, 0.1) is 0 Å². The van der Waals surface area contributed by atoms with Crippen LogP contribution in [0.5, 0.6) is 0 Å². The van der Waals surface area contributed by atoms with E-state index in [0.717, 1.165) is 35.6 Å². The highest BCUT2D eigenvalue weighted by molar-refractivity contribution is 7.80. The van der Waals surface area contributed by atoms with Gasteiger partial charge in [0, 0.05) is 11.3 Å². The molecule has 1 atom stereocenters. The number of anilines is 1. The summed E-state index contributed by atoms with van der Waals surface area (Å²) >= 11 is 7.17. The number of hydrogen-bond donors (Lipinski definition) is 2. The molecule has 4 rings (SSSR count). The van der Waals surface area contributed by atoms with Crippen molar-refractivity contribution in [2.75, 3.05) is 11.9 Å². The summed E-state index contributed by atoms with van der Waals surface area (Å²) in [5.74, 6) is -0.327. The molecule has 0 saturated carbocycles. The van der Waals surface area contributed by atoms with Gasteiger partial charge in [-0.1, -0.05) is 54.6 Å². The van der Waals surface area contributed by atoms with E-state index in [-0.39, 0.29) is 12.0 Å². The number of carbonyl (C=O) groups excluding carboxylic acids is 1. The van der Waals surface area contributed by atoms with Crippen LogP contribution in [0.2, 0.25) is 0 Å². The second-order valence-corrected chi connectivity index (χ2v) is 9.13. The van der Waals surface area contributed by atoms with Crippen LogP contribution in [0.4, 0.5) is 5.00 Å². The summed E-state index contributed by atoms with van der Waals surface area (Å²) in [4.78, 5) is 13.6. The quantitative estimate of drug-likeness (QED) is 0.363. The lowest BCUT2D eigenvalue weighted by atomic mass is 9.88. The number of thiophene rings is 1. The van der Waals surface area contributed by atoms with E-state index < -0.39 is 0 Å². The van der Waals surface area contributed by atoms with Gasteiger partial charge >= 0.3 is 5.97 Å². The molecule has 31 heavy (non-hydrogen) atoms. The van der Waals surface area contributed by atoms with Gasteiger partial charge in [0.15, 0.2) is 5.11 Å². The van der Waals surface area contributed by atoms with Crippen molar-refractivity contribution in [3.63, 3.8) is 0 Å². The molecule has 2 aromatic carbocycles. The van der Waals surface area contributed by atoms with Crippen molar-refractivity contribution in [1.29, 1.82) is 0 Å². The molecule has 6 heteroatoms. The zero-order valence-electron chi connectivity index (χ0n) is 17.5. The van der Waals surface area contributed by atoms with Crippen LogP contribution in [-0.2, 0) is 17.6 Å². The lowest BCUT2D eigenvalue weighted by Crippen LogP contribution is -2.34.